The number of anilines is 1. The highest BCUT2D eigenvalue weighted by Crippen LogP contribution is 2.38. The predicted octanol–water partition coefficient (Wildman–Crippen LogP) is 2.00. The summed E-state index contributed by atoms with van der Waals surface area (Å²) in [4.78, 5) is 7.93. The van der Waals surface area contributed by atoms with E-state index in [1.165, 1.54) is 0 Å². The van der Waals surface area contributed by atoms with E-state index in [-0.39, 0.29) is 17.2 Å². The van der Waals surface area contributed by atoms with Gasteiger partial charge in [0.1, 0.15) is 0 Å². The van der Waals surface area contributed by atoms with Gasteiger partial charge in [0.15, 0.2) is 0 Å². The standard InChI is InChI=1S/C13H20BN3O2S/c1-12(2)13(3,4)19-14(18-12)10(8-20)5-9-6-16-11(15)17-7-9/h5-7,20H,8H2,1-4H3,(H2,15,16,17). The Bertz CT molecular complexity index is 501. The average molecular weight is 293 g/mol. The Morgan fingerprint density at radius 3 is 2.20 bits per heavy atom. The topological polar surface area (TPSA) is 70.3 Å². The van der Waals surface area contributed by atoms with Crippen LogP contribution in [0.2, 0.25) is 0 Å². The Labute approximate surface area is 125 Å². The highest BCUT2D eigenvalue weighted by atomic mass is 32.1. The molecule has 1 fully saturated rings. The minimum absolute atomic E-state index is 0.255. The van der Waals surface area contributed by atoms with Crippen LogP contribution in [0, 0.1) is 0 Å². The summed E-state index contributed by atoms with van der Waals surface area (Å²) in [6, 6.07) is 0. The van der Waals surface area contributed by atoms with Crippen molar-refractivity contribution in [3.05, 3.63) is 23.4 Å². The lowest BCUT2D eigenvalue weighted by atomic mass is 9.78. The lowest BCUT2D eigenvalue weighted by molar-refractivity contribution is 0.00578. The van der Waals surface area contributed by atoms with Gasteiger partial charge in [-0.1, -0.05) is 6.08 Å². The van der Waals surface area contributed by atoms with Gasteiger partial charge in [0.2, 0.25) is 5.95 Å². The minimum Gasteiger partial charge on any atom is -0.400 e. The molecular formula is C13H20BN3O2S. The summed E-state index contributed by atoms with van der Waals surface area (Å²) < 4.78 is 12.0. The zero-order valence-corrected chi connectivity index (χ0v) is 13.1. The maximum atomic E-state index is 6.01. The zero-order chi connectivity index (χ0) is 15.0. The van der Waals surface area contributed by atoms with Gasteiger partial charge in [-0.3, -0.25) is 0 Å². The molecule has 1 saturated heterocycles. The largest absolute Gasteiger partial charge is 0.491 e. The third kappa shape index (κ3) is 3.00. The van der Waals surface area contributed by atoms with Gasteiger partial charge in [0, 0.05) is 23.7 Å². The smallest absolute Gasteiger partial charge is 0.400 e. The van der Waals surface area contributed by atoms with Gasteiger partial charge in [-0.25, -0.2) is 9.97 Å². The molecular weight excluding hydrogens is 273 g/mol. The molecule has 1 aromatic heterocycles. The summed E-state index contributed by atoms with van der Waals surface area (Å²) in [6.45, 7) is 8.09. The molecule has 1 aliphatic heterocycles. The first-order valence-electron chi connectivity index (χ1n) is 6.50. The summed E-state index contributed by atoms with van der Waals surface area (Å²) in [6.07, 6.45) is 5.25. The number of nitrogens with two attached hydrogens (primary N) is 1. The van der Waals surface area contributed by atoms with Crippen molar-refractivity contribution in [3.63, 3.8) is 0 Å². The van der Waals surface area contributed by atoms with Crippen LogP contribution in [0.1, 0.15) is 33.3 Å². The zero-order valence-electron chi connectivity index (χ0n) is 12.3. The molecule has 0 aromatic carbocycles. The fourth-order valence-electron chi connectivity index (χ4n) is 1.82. The van der Waals surface area contributed by atoms with E-state index in [0.29, 0.717) is 5.75 Å². The molecule has 1 aliphatic rings. The molecule has 0 bridgehead atoms. The van der Waals surface area contributed by atoms with Crippen molar-refractivity contribution in [1.82, 2.24) is 9.97 Å². The van der Waals surface area contributed by atoms with Crippen molar-refractivity contribution < 1.29 is 9.31 Å². The molecule has 0 radical (unpaired) electrons. The molecule has 0 spiro atoms. The summed E-state index contributed by atoms with van der Waals surface area (Å²) in [5.74, 6) is 0.784. The molecule has 5 nitrogen and oxygen atoms in total. The molecule has 0 atom stereocenters. The fraction of sp³-hybridized carbons (Fsp3) is 0.538. The molecule has 20 heavy (non-hydrogen) atoms. The van der Waals surface area contributed by atoms with Crippen LogP contribution in [0.25, 0.3) is 6.08 Å². The van der Waals surface area contributed by atoms with Crippen molar-refractivity contribution in [2.24, 2.45) is 0 Å². The van der Waals surface area contributed by atoms with Gasteiger partial charge >= 0.3 is 7.12 Å². The highest BCUT2D eigenvalue weighted by molar-refractivity contribution is 7.80. The van der Waals surface area contributed by atoms with Gasteiger partial charge in [0.25, 0.3) is 0 Å². The van der Waals surface area contributed by atoms with Gasteiger partial charge < -0.3 is 15.0 Å². The number of thiol groups is 1. The third-order valence-corrected chi connectivity index (χ3v) is 4.15. The second-order valence-electron chi connectivity index (χ2n) is 5.84. The molecule has 108 valence electrons. The molecule has 2 rings (SSSR count). The van der Waals surface area contributed by atoms with E-state index in [1.807, 2.05) is 33.8 Å². The number of hydrogen-bond donors (Lipinski definition) is 2. The van der Waals surface area contributed by atoms with Gasteiger partial charge in [0.05, 0.1) is 11.2 Å². The lowest BCUT2D eigenvalue weighted by Crippen LogP contribution is -2.41. The Kier molecular flexibility index (Phi) is 4.13. The van der Waals surface area contributed by atoms with Crippen LogP contribution in [0.3, 0.4) is 0 Å². The Morgan fingerprint density at radius 2 is 1.75 bits per heavy atom. The first-order chi connectivity index (χ1) is 9.25. The first kappa shape index (κ1) is 15.3. The second-order valence-corrected chi connectivity index (χ2v) is 6.16. The van der Waals surface area contributed by atoms with Crippen LogP contribution in [-0.2, 0) is 9.31 Å². The molecule has 0 aliphatic carbocycles. The number of hydrogen-bond acceptors (Lipinski definition) is 6. The minimum atomic E-state index is -0.407. The van der Waals surface area contributed by atoms with Crippen molar-refractivity contribution in [3.8, 4) is 0 Å². The Balaban J connectivity index is 2.24. The quantitative estimate of drug-likeness (QED) is 0.659. The SMILES string of the molecule is CC1(C)OB(C(=Cc2cnc(N)nc2)CS)OC1(C)C. The average Bonchev–Trinajstić information content (AvgIpc) is 2.57. The maximum Gasteiger partial charge on any atom is 0.491 e. The number of nitrogens with zero attached hydrogens (tertiary/aromatic N) is 2. The van der Waals surface area contributed by atoms with Crippen LogP contribution < -0.4 is 5.73 Å². The van der Waals surface area contributed by atoms with E-state index < -0.39 is 7.12 Å². The van der Waals surface area contributed by atoms with Crippen molar-refractivity contribution in [2.45, 2.75) is 38.9 Å². The van der Waals surface area contributed by atoms with E-state index in [1.54, 1.807) is 12.4 Å². The van der Waals surface area contributed by atoms with Crippen molar-refractivity contribution >= 4 is 31.8 Å². The second kappa shape index (κ2) is 5.39. The van der Waals surface area contributed by atoms with Crippen LogP contribution >= 0.6 is 12.6 Å². The van der Waals surface area contributed by atoms with E-state index >= 15 is 0 Å². The van der Waals surface area contributed by atoms with Gasteiger partial charge in [-0.05, 0) is 33.2 Å². The molecule has 0 unspecified atom stereocenters. The van der Waals surface area contributed by atoms with Crippen LogP contribution in [0.4, 0.5) is 5.95 Å². The van der Waals surface area contributed by atoms with Crippen LogP contribution in [-0.4, -0.2) is 34.0 Å². The maximum absolute atomic E-state index is 6.01. The van der Waals surface area contributed by atoms with E-state index in [4.69, 9.17) is 15.0 Å². The molecule has 2 N–H and O–H groups in total. The normalized spacial score (nSPS) is 21.2. The van der Waals surface area contributed by atoms with Crippen LogP contribution in [0.5, 0.6) is 0 Å². The summed E-state index contributed by atoms with van der Waals surface area (Å²) in [7, 11) is -0.407. The monoisotopic (exact) mass is 293 g/mol. The molecule has 1 aromatic rings. The van der Waals surface area contributed by atoms with E-state index in [2.05, 4.69) is 22.6 Å². The Morgan fingerprint density at radius 1 is 1.25 bits per heavy atom. The molecule has 7 heteroatoms. The Hall–Kier alpha value is -1.05. The first-order valence-corrected chi connectivity index (χ1v) is 7.13. The van der Waals surface area contributed by atoms with Gasteiger partial charge in [-0.15, -0.1) is 0 Å². The lowest BCUT2D eigenvalue weighted by Gasteiger charge is -2.32. The predicted molar refractivity (Wildman–Crippen MR) is 84.4 cm³/mol. The van der Waals surface area contributed by atoms with Crippen molar-refractivity contribution in [1.29, 1.82) is 0 Å². The highest BCUT2D eigenvalue weighted by Gasteiger charge is 2.52. The summed E-state index contributed by atoms with van der Waals surface area (Å²) >= 11 is 4.36. The third-order valence-electron chi connectivity index (χ3n) is 3.78. The molecule has 2 heterocycles. The molecule has 0 saturated carbocycles. The summed E-state index contributed by atoms with van der Waals surface area (Å²) in [5, 5.41) is 0. The van der Waals surface area contributed by atoms with Gasteiger partial charge in [-0.2, -0.15) is 12.6 Å². The van der Waals surface area contributed by atoms with E-state index in [0.717, 1.165) is 11.0 Å². The molecule has 0 amide bonds. The fourth-order valence-corrected chi connectivity index (χ4v) is 2.06. The van der Waals surface area contributed by atoms with Crippen LogP contribution in [0.15, 0.2) is 17.9 Å². The van der Waals surface area contributed by atoms with Crippen molar-refractivity contribution in [2.75, 3.05) is 11.5 Å². The number of aromatic nitrogens is 2. The number of rotatable bonds is 3. The number of nitrogen functional groups attached to an aromatic ring is 1. The van der Waals surface area contributed by atoms with E-state index in [9.17, 15) is 0 Å². The summed E-state index contributed by atoms with van der Waals surface area (Å²) in [5.41, 5.74) is 6.52.